The van der Waals surface area contributed by atoms with Gasteiger partial charge >= 0.3 is 0 Å². The molecular formula is C12H18FNO3S. The number of rotatable bonds is 6. The molecule has 2 N–H and O–H groups in total. The Balaban J connectivity index is 2.67. The molecule has 0 aromatic heterocycles. The van der Waals surface area contributed by atoms with Crippen molar-refractivity contribution >= 4 is 9.84 Å². The number of benzene rings is 1. The zero-order valence-electron chi connectivity index (χ0n) is 12.1. The maximum Gasteiger partial charge on any atom is 0.175 e. The molecule has 18 heavy (non-hydrogen) atoms. The second-order valence-electron chi connectivity index (χ2n) is 4.04. The van der Waals surface area contributed by atoms with Crippen molar-refractivity contribution in [1.29, 1.82) is 0 Å². The van der Waals surface area contributed by atoms with E-state index < -0.39 is 28.6 Å². The summed E-state index contributed by atoms with van der Waals surface area (Å²) in [5.74, 6) is -0.608. The normalized spacial score (nSPS) is 15.1. The third kappa shape index (κ3) is 4.62. The van der Waals surface area contributed by atoms with Gasteiger partial charge < -0.3 is 10.5 Å². The van der Waals surface area contributed by atoms with E-state index in [1.807, 2.05) is 0 Å². The molecule has 6 heteroatoms. The van der Waals surface area contributed by atoms with Crippen molar-refractivity contribution < 1.29 is 20.3 Å². The Morgan fingerprint density at radius 2 is 2.22 bits per heavy atom. The van der Waals surface area contributed by atoms with Crippen LogP contribution in [0.1, 0.15) is 22.5 Å². The highest BCUT2D eigenvalue weighted by Gasteiger charge is 2.11. The molecule has 0 aliphatic heterocycles. The molecule has 0 spiro atoms. The van der Waals surface area contributed by atoms with Crippen molar-refractivity contribution in [1.82, 2.24) is 0 Å². The zero-order valence-corrected chi connectivity index (χ0v) is 10.9. The minimum Gasteiger partial charge on any atom is -0.492 e. The van der Waals surface area contributed by atoms with Crippen molar-refractivity contribution in [2.45, 2.75) is 30.7 Å². The van der Waals surface area contributed by atoms with Crippen LogP contribution in [0.5, 0.6) is 5.75 Å². The molecule has 1 aromatic carbocycles. The molecule has 0 aliphatic rings. The molecule has 0 saturated heterocycles. The first-order valence-electron chi connectivity index (χ1n) is 6.57. The third-order valence-electron chi connectivity index (χ3n) is 2.27. The van der Waals surface area contributed by atoms with Crippen molar-refractivity contribution in [3.05, 3.63) is 24.0 Å². The summed E-state index contributed by atoms with van der Waals surface area (Å²) in [7, 11) is -3.51. The summed E-state index contributed by atoms with van der Waals surface area (Å²) in [5, 5.41) is 0. The van der Waals surface area contributed by atoms with Gasteiger partial charge in [-0.05, 0) is 18.6 Å². The third-order valence-corrected chi connectivity index (χ3v) is 3.37. The van der Waals surface area contributed by atoms with Crippen LogP contribution in [0.15, 0.2) is 23.1 Å². The largest absolute Gasteiger partial charge is 0.492 e. The molecule has 0 aliphatic carbocycles. The molecule has 0 radical (unpaired) electrons. The highest BCUT2D eigenvalue weighted by Crippen LogP contribution is 2.20. The number of sulfone groups is 1. The van der Waals surface area contributed by atoms with Crippen LogP contribution in [0.3, 0.4) is 0 Å². The van der Waals surface area contributed by atoms with E-state index >= 15 is 0 Å². The van der Waals surface area contributed by atoms with Crippen LogP contribution in [0.25, 0.3) is 0 Å². The van der Waals surface area contributed by atoms with Crippen LogP contribution < -0.4 is 10.5 Å². The SMILES string of the molecule is [2H]C([2H])CCC(N)COc1cc(F)cc(S(C)(=O)=O)c1. The topological polar surface area (TPSA) is 69.4 Å². The lowest BCUT2D eigenvalue weighted by Gasteiger charge is -2.12. The van der Waals surface area contributed by atoms with Crippen molar-refractivity contribution in [3.8, 4) is 5.75 Å². The standard InChI is InChI=1S/C12H18FNO3S/c1-3-4-10(14)8-17-11-5-9(13)6-12(7-11)18(2,15)16/h5-7,10H,3-4,8,14H2,1-2H3/i1D2. The van der Waals surface area contributed by atoms with Gasteiger partial charge in [-0.1, -0.05) is 13.3 Å². The van der Waals surface area contributed by atoms with E-state index in [4.69, 9.17) is 13.2 Å². The fraction of sp³-hybridized carbons (Fsp3) is 0.500. The molecule has 0 amide bonds. The minimum atomic E-state index is -3.51. The number of halogens is 1. The van der Waals surface area contributed by atoms with E-state index in [0.717, 1.165) is 18.4 Å². The van der Waals surface area contributed by atoms with Gasteiger partial charge in [-0.2, -0.15) is 0 Å². The number of hydrogen-bond acceptors (Lipinski definition) is 4. The van der Waals surface area contributed by atoms with Gasteiger partial charge in [0, 0.05) is 21.1 Å². The molecular weight excluding hydrogens is 257 g/mol. The highest BCUT2D eigenvalue weighted by molar-refractivity contribution is 7.90. The first-order chi connectivity index (χ1) is 9.18. The average molecular weight is 277 g/mol. The van der Waals surface area contributed by atoms with Crippen LogP contribution in [0.2, 0.25) is 0 Å². The maximum absolute atomic E-state index is 13.3. The Bertz CT molecular complexity index is 552. The Morgan fingerprint density at radius 3 is 2.83 bits per heavy atom. The average Bonchev–Trinajstić information content (AvgIpc) is 2.32. The fourth-order valence-electron chi connectivity index (χ4n) is 1.34. The van der Waals surface area contributed by atoms with Crippen LogP contribution >= 0.6 is 0 Å². The number of nitrogens with two attached hydrogens (primary N) is 1. The first kappa shape index (κ1) is 11.9. The summed E-state index contributed by atoms with van der Waals surface area (Å²) in [4.78, 5) is -0.154. The van der Waals surface area contributed by atoms with E-state index in [1.165, 1.54) is 6.07 Å². The van der Waals surface area contributed by atoms with Crippen molar-refractivity contribution in [3.63, 3.8) is 0 Å². The molecule has 0 fully saturated rings. The summed E-state index contributed by atoms with van der Waals surface area (Å²) in [6.45, 7) is -0.869. The molecule has 0 heterocycles. The van der Waals surface area contributed by atoms with E-state index in [9.17, 15) is 12.8 Å². The Morgan fingerprint density at radius 1 is 1.50 bits per heavy atom. The van der Waals surface area contributed by atoms with Crippen LogP contribution in [-0.2, 0) is 9.84 Å². The molecule has 1 aromatic rings. The fourth-order valence-corrected chi connectivity index (χ4v) is 1.99. The van der Waals surface area contributed by atoms with Crippen LogP contribution in [0, 0.1) is 5.82 Å². The van der Waals surface area contributed by atoms with E-state index in [2.05, 4.69) is 0 Å². The highest BCUT2D eigenvalue weighted by atomic mass is 32.2. The predicted octanol–water partition coefficient (Wildman–Crippen LogP) is 1.74. The summed E-state index contributed by atoms with van der Waals surface area (Å²) in [6.07, 6.45) is 1.74. The molecule has 4 nitrogen and oxygen atoms in total. The van der Waals surface area contributed by atoms with Gasteiger partial charge in [-0.25, -0.2) is 12.8 Å². The van der Waals surface area contributed by atoms with Gasteiger partial charge in [0.2, 0.25) is 0 Å². The predicted molar refractivity (Wildman–Crippen MR) is 67.9 cm³/mol. The Labute approximate surface area is 110 Å². The van der Waals surface area contributed by atoms with E-state index in [1.54, 1.807) is 0 Å². The molecule has 0 saturated carbocycles. The maximum atomic E-state index is 13.3. The Kier molecular flexibility index (Phi) is 4.07. The van der Waals surface area contributed by atoms with Crippen molar-refractivity contribution in [2.24, 2.45) is 5.73 Å². The molecule has 0 bridgehead atoms. The van der Waals surface area contributed by atoms with Gasteiger partial charge in [0.15, 0.2) is 9.84 Å². The van der Waals surface area contributed by atoms with E-state index in [-0.39, 0.29) is 17.3 Å². The summed E-state index contributed by atoms with van der Waals surface area (Å²) in [5.41, 5.74) is 5.73. The summed E-state index contributed by atoms with van der Waals surface area (Å²) >= 11 is 0. The molecule has 1 rings (SSSR count). The van der Waals surface area contributed by atoms with E-state index in [0.29, 0.717) is 12.8 Å². The minimum absolute atomic E-state index is 0.0688. The molecule has 1 unspecified atom stereocenters. The zero-order chi connectivity index (χ0) is 15.3. The first-order valence-corrected chi connectivity index (χ1v) is 7.31. The lowest BCUT2D eigenvalue weighted by Crippen LogP contribution is -2.27. The second-order valence-corrected chi connectivity index (χ2v) is 6.06. The lowest BCUT2D eigenvalue weighted by molar-refractivity contribution is 0.279. The van der Waals surface area contributed by atoms with Gasteiger partial charge in [0.25, 0.3) is 0 Å². The number of ether oxygens (including phenoxy) is 1. The van der Waals surface area contributed by atoms with Gasteiger partial charge in [-0.15, -0.1) is 0 Å². The Hall–Kier alpha value is -1.14. The summed E-state index contributed by atoms with van der Waals surface area (Å²) in [6, 6.07) is 2.85. The van der Waals surface area contributed by atoms with Crippen LogP contribution in [0.4, 0.5) is 4.39 Å². The van der Waals surface area contributed by atoms with Gasteiger partial charge in [0.05, 0.1) is 4.90 Å². The smallest absolute Gasteiger partial charge is 0.175 e. The lowest BCUT2D eigenvalue weighted by atomic mass is 10.2. The van der Waals surface area contributed by atoms with Crippen LogP contribution in [-0.4, -0.2) is 27.3 Å². The quantitative estimate of drug-likeness (QED) is 0.860. The number of hydrogen-bond donors (Lipinski definition) is 1. The summed E-state index contributed by atoms with van der Waals surface area (Å²) < 4.78 is 55.4. The van der Waals surface area contributed by atoms with Gasteiger partial charge in [-0.3, -0.25) is 0 Å². The second kappa shape index (κ2) is 6.15. The van der Waals surface area contributed by atoms with Crippen molar-refractivity contribution in [2.75, 3.05) is 12.9 Å². The molecule has 1 atom stereocenters. The molecule has 102 valence electrons. The monoisotopic (exact) mass is 277 g/mol. The van der Waals surface area contributed by atoms with Gasteiger partial charge in [0.1, 0.15) is 18.2 Å².